The minimum atomic E-state index is -0.347. The predicted octanol–water partition coefficient (Wildman–Crippen LogP) is 7.75. The Hall–Kier alpha value is -1.32. The molecule has 9 atom stereocenters. The largest absolute Gasteiger partial charge is 0.469 e. The molecule has 4 nitrogen and oxygen atoms in total. The molecular weight excluding hydrogens is 460 g/mol. The highest BCUT2D eigenvalue weighted by atomic mass is 16.5. The Kier molecular flexibility index (Phi) is 6.33. The molecule has 208 valence electrons. The predicted molar refractivity (Wildman–Crippen MR) is 147 cm³/mol. The van der Waals surface area contributed by atoms with Gasteiger partial charge in [0.25, 0.3) is 0 Å². The van der Waals surface area contributed by atoms with Crippen molar-refractivity contribution < 1.29 is 19.1 Å². The van der Waals surface area contributed by atoms with Crippen LogP contribution in [0, 0.1) is 56.7 Å². The molecule has 4 saturated carbocycles. The molecule has 5 rings (SSSR count). The van der Waals surface area contributed by atoms with Gasteiger partial charge in [-0.15, -0.1) is 0 Å². The molecule has 0 radical (unpaired) electrons. The number of hydrogen-bond donors (Lipinski definition) is 0. The van der Waals surface area contributed by atoms with Crippen LogP contribution in [0.4, 0.5) is 0 Å². The van der Waals surface area contributed by atoms with Crippen molar-refractivity contribution in [1.82, 2.24) is 0 Å². The van der Waals surface area contributed by atoms with E-state index in [0.717, 1.165) is 44.9 Å². The van der Waals surface area contributed by atoms with E-state index >= 15 is 0 Å². The molecule has 5 aliphatic carbocycles. The van der Waals surface area contributed by atoms with Crippen molar-refractivity contribution in [3.8, 4) is 0 Å². The quantitative estimate of drug-likeness (QED) is 0.280. The minimum Gasteiger partial charge on any atom is -0.469 e. The molecular formula is C33H52O4. The molecule has 0 spiro atoms. The molecule has 0 unspecified atom stereocenters. The molecule has 0 bridgehead atoms. The van der Waals surface area contributed by atoms with Crippen molar-refractivity contribution in [2.45, 2.75) is 119 Å². The zero-order valence-electron chi connectivity index (χ0n) is 25.0. The summed E-state index contributed by atoms with van der Waals surface area (Å²) in [5.41, 5.74) is 1.97. The summed E-state index contributed by atoms with van der Waals surface area (Å²) in [5.74, 6) is 2.38. The second-order valence-electron chi connectivity index (χ2n) is 15.8. The van der Waals surface area contributed by atoms with Crippen LogP contribution in [0.5, 0.6) is 0 Å². The molecule has 0 aromatic carbocycles. The molecule has 0 N–H and O–H groups in total. The van der Waals surface area contributed by atoms with Crippen LogP contribution in [-0.2, 0) is 19.1 Å². The van der Waals surface area contributed by atoms with Gasteiger partial charge in [0.15, 0.2) is 0 Å². The van der Waals surface area contributed by atoms with Crippen LogP contribution in [0.1, 0.15) is 113 Å². The fraction of sp³-hybridized carbons (Fsp3) is 0.879. The molecule has 0 aromatic rings. The molecule has 5 aliphatic rings. The fourth-order valence-corrected chi connectivity index (χ4v) is 11.5. The van der Waals surface area contributed by atoms with Gasteiger partial charge in [-0.25, -0.2) is 0 Å². The van der Waals surface area contributed by atoms with Gasteiger partial charge in [-0.05, 0) is 104 Å². The molecule has 0 aliphatic heterocycles. The van der Waals surface area contributed by atoms with Crippen molar-refractivity contribution in [2.24, 2.45) is 56.7 Å². The highest BCUT2D eigenvalue weighted by Crippen LogP contribution is 2.73. The Morgan fingerprint density at radius 1 is 0.892 bits per heavy atom. The van der Waals surface area contributed by atoms with Crippen LogP contribution in [0.3, 0.4) is 0 Å². The summed E-state index contributed by atoms with van der Waals surface area (Å²) < 4.78 is 11.4. The third kappa shape index (κ3) is 3.80. The van der Waals surface area contributed by atoms with Gasteiger partial charge in [0.1, 0.15) is 6.10 Å². The zero-order chi connectivity index (χ0) is 27.2. The van der Waals surface area contributed by atoms with E-state index in [0.29, 0.717) is 29.6 Å². The lowest BCUT2D eigenvalue weighted by Crippen LogP contribution is -2.63. The minimum absolute atomic E-state index is 0.0147. The SMILES string of the molecule is COC(=O)[C@]12CCC(C)(C)C[C@H]1C1=CC[C@H]3[C@@](C)(CC[C@H]4C(C)(C)[C@@H](OC(C)=O)CC[C@]34C)[C@@H]1[C@@H](C)C2. The highest BCUT2D eigenvalue weighted by molar-refractivity contribution is 5.78. The number of carbonyl (C=O) groups excluding carboxylic acids is 2. The number of rotatable bonds is 2. The van der Waals surface area contributed by atoms with Crippen LogP contribution in [0.2, 0.25) is 0 Å². The second kappa shape index (κ2) is 8.59. The maximum Gasteiger partial charge on any atom is 0.312 e. The smallest absolute Gasteiger partial charge is 0.312 e. The van der Waals surface area contributed by atoms with Crippen molar-refractivity contribution in [2.75, 3.05) is 7.11 Å². The standard InChI is InChI=1S/C33H52O4/c1-20-18-33(28(35)36-9)17-16-29(3,4)19-23(33)22-10-11-25-31(7)15-13-26(37-21(2)34)30(5,6)24(31)12-14-32(25,8)27(20)22/h10,20,23-27H,11-19H2,1-9H3/t20-,23-,24-,25+,26-,27+,31-,32+,33-/m0/s1. The average Bonchev–Trinajstić information content (AvgIpc) is 2.80. The Bertz CT molecular complexity index is 992. The number of ether oxygens (including phenoxy) is 2. The number of hydrogen-bond acceptors (Lipinski definition) is 4. The van der Waals surface area contributed by atoms with Crippen molar-refractivity contribution in [1.29, 1.82) is 0 Å². The fourth-order valence-electron chi connectivity index (χ4n) is 11.5. The van der Waals surface area contributed by atoms with Crippen LogP contribution < -0.4 is 0 Å². The molecule has 37 heavy (non-hydrogen) atoms. The molecule has 0 saturated heterocycles. The van der Waals surface area contributed by atoms with Gasteiger partial charge >= 0.3 is 11.9 Å². The number of carbonyl (C=O) groups is 2. The van der Waals surface area contributed by atoms with E-state index < -0.39 is 0 Å². The Balaban J connectivity index is 1.54. The second-order valence-corrected chi connectivity index (χ2v) is 15.8. The van der Waals surface area contributed by atoms with Crippen LogP contribution in [0.15, 0.2) is 11.6 Å². The van der Waals surface area contributed by atoms with E-state index in [1.54, 1.807) is 19.6 Å². The van der Waals surface area contributed by atoms with Crippen LogP contribution >= 0.6 is 0 Å². The van der Waals surface area contributed by atoms with Gasteiger partial charge in [-0.3, -0.25) is 9.59 Å². The van der Waals surface area contributed by atoms with Crippen LogP contribution in [-0.4, -0.2) is 25.2 Å². The maximum atomic E-state index is 13.4. The Morgan fingerprint density at radius 2 is 1.57 bits per heavy atom. The van der Waals surface area contributed by atoms with E-state index in [9.17, 15) is 9.59 Å². The lowest BCUT2D eigenvalue weighted by molar-refractivity contribution is -0.205. The lowest BCUT2D eigenvalue weighted by atomic mass is 9.36. The first-order chi connectivity index (χ1) is 17.1. The lowest BCUT2D eigenvalue weighted by Gasteiger charge is -2.69. The monoisotopic (exact) mass is 512 g/mol. The molecule has 4 fully saturated rings. The van der Waals surface area contributed by atoms with E-state index in [1.165, 1.54) is 12.8 Å². The van der Waals surface area contributed by atoms with Gasteiger partial charge < -0.3 is 9.47 Å². The van der Waals surface area contributed by atoms with E-state index in [4.69, 9.17) is 9.47 Å². The van der Waals surface area contributed by atoms with Crippen molar-refractivity contribution >= 4 is 11.9 Å². The first kappa shape index (κ1) is 27.3. The Labute approximate surface area is 225 Å². The first-order valence-electron chi connectivity index (χ1n) is 15.1. The molecule has 0 heterocycles. The zero-order valence-corrected chi connectivity index (χ0v) is 25.0. The topological polar surface area (TPSA) is 52.6 Å². The van der Waals surface area contributed by atoms with Gasteiger partial charge in [0, 0.05) is 12.3 Å². The van der Waals surface area contributed by atoms with Gasteiger partial charge in [-0.2, -0.15) is 0 Å². The number of esters is 2. The summed E-state index contributed by atoms with van der Waals surface area (Å²) in [4.78, 5) is 25.4. The summed E-state index contributed by atoms with van der Waals surface area (Å²) in [5, 5.41) is 0. The normalized spacial score (nSPS) is 47.8. The number of methoxy groups -OCH3 is 1. The third-order valence-electron chi connectivity index (χ3n) is 12.9. The first-order valence-corrected chi connectivity index (χ1v) is 15.1. The van der Waals surface area contributed by atoms with E-state index in [-0.39, 0.29) is 45.1 Å². The molecule has 0 amide bonds. The van der Waals surface area contributed by atoms with E-state index in [1.807, 2.05) is 0 Å². The van der Waals surface area contributed by atoms with Crippen molar-refractivity contribution in [3.05, 3.63) is 11.6 Å². The maximum absolute atomic E-state index is 13.4. The summed E-state index contributed by atoms with van der Waals surface area (Å²) in [6.07, 6.45) is 12.4. The highest BCUT2D eigenvalue weighted by Gasteiger charge is 2.67. The van der Waals surface area contributed by atoms with Gasteiger partial charge in [0.2, 0.25) is 0 Å². The number of allylic oxidation sites excluding steroid dienone is 2. The van der Waals surface area contributed by atoms with Crippen molar-refractivity contribution in [3.63, 3.8) is 0 Å². The summed E-state index contributed by atoms with van der Waals surface area (Å²) >= 11 is 0. The average molecular weight is 513 g/mol. The Morgan fingerprint density at radius 3 is 2.22 bits per heavy atom. The summed E-state index contributed by atoms with van der Waals surface area (Å²) in [6.45, 7) is 18.7. The van der Waals surface area contributed by atoms with Gasteiger partial charge in [0.05, 0.1) is 12.5 Å². The molecule has 0 aromatic heterocycles. The van der Waals surface area contributed by atoms with E-state index in [2.05, 4.69) is 54.5 Å². The molecule has 4 heteroatoms. The van der Waals surface area contributed by atoms with Gasteiger partial charge in [-0.1, -0.05) is 60.1 Å². The summed E-state index contributed by atoms with van der Waals surface area (Å²) in [7, 11) is 1.59. The third-order valence-corrected chi connectivity index (χ3v) is 12.9. The number of fused-ring (bicyclic) bond motifs is 7. The van der Waals surface area contributed by atoms with Crippen LogP contribution in [0.25, 0.3) is 0 Å². The summed E-state index contributed by atoms with van der Waals surface area (Å²) in [6, 6.07) is 0.